The zero-order valence-electron chi connectivity index (χ0n) is 35.5. The first-order valence-corrected chi connectivity index (χ1v) is 20.2. The molecule has 4 aromatic carbocycles. The van der Waals surface area contributed by atoms with Crippen molar-refractivity contribution in [2.75, 3.05) is 0 Å². The molecule has 56 heavy (non-hydrogen) atoms. The Balaban J connectivity index is 0.00000160. The minimum atomic E-state index is 0.800. The molecule has 0 saturated heterocycles. The first kappa shape index (κ1) is 44.7. The monoisotopic (exact) mass is 741 g/mol. The summed E-state index contributed by atoms with van der Waals surface area (Å²) in [6, 6.07) is 25.8. The van der Waals surface area contributed by atoms with Crippen LogP contribution in [0.4, 0.5) is 5.69 Å². The lowest BCUT2D eigenvalue weighted by Gasteiger charge is -2.13. The van der Waals surface area contributed by atoms with Crippen molar-refractivity contribution in [3.05, 3.63) is 203 Å². The molecule has 1 aliphatic rings. The van der Waals surface area contributed by atoms with Crippen LogP contribution in [0.5, 0.6) is 0 Å². The summed E-state index contributed by atoms with van der Waals surface area (Å²) in [7, 11) is 0. The van der Waals surface area contributed by atoms with E-state index in [0.717, 1.165) is 41.7 Å². The Bertz CT molecular complexity index is 2220. The third kappa shape index (κ3) is 12.7. The van der Waals surface area contributed by atoms with E-state index in [1.165, 1.54) is 67.1 Å². The predicted octanol–water partition coefficient (Wildman–Crippen LogP) is 15.9. The van der Waals surface area contributed by atoms with Gasteiger partial charge in [-0.1, -0.05) is 186 Å². The number of benzene rings is 4. The highest BCUT2D eigenvalue weighted by Crippen LogP contribution is 2.39. The summed E-state index contributed by atoms with van der Waals surface area (Å²) >= 11 is 0. The zero-order chi connectivity index (χ0) is 40.9. The van der Waals surface area contributed by atoms with Crippen LogP contribution in [0.2, 0.25) is 0 Å². The molecule has 0 atom stereocenters. The van der Waals surface area contributed by atoms with Crippen LogP contribution in [0.3, 0.4) is 0 Å². The summed E-state index contributed by atoms with van der Waals surface area (Å²) in [5.41, 5.74) is 13.1. The fourth-order valence-electron chi connectivity index (χ4n) is 6.58. The Labute approximate surface area is 339 Å². The van der Waals surface area contributed by atoms with Gasteiger partial charge in [0.1, 0.15) is 0 Å². The van der Waals surface area contributed by atoms with Crippen LogP contribution in [-0.2, 0) is 6.54 Å². The Morgan fingerprint density at radius 2 is 1.57 bits per heavy atom. The number of nitrogens with one attached hydrogen (secondary N) is 1. The van der Waals surface area contributed by atoms with Gasteiger partial charge in [0.25, 0.3) is 0 Å². The number of fused-ring (bicyclic) bond motifs is 3. The molecule has 1 aliphatic carbocycles. The van der Waals surface area contributed by atoms with Crippen LogP contribution in [0, 0.1) is 6.92 Å². The maximum atomic E-state index is 4.75. The highest BCUT2D eigenvalue weighted by Gasteiger charge is 2.12. The van der Waals surface area contributed by atoms with E-state index in [-0.39, 0.29) is 0 Å². The van der Waals surface area contributed by atoms with Crippen LogP contribution in [0.1, 0.15) is 91.3 Å². The maximum absolute atomic E-state index is 4.75. The van der Waals surface area contributed by atoms with Gasteiger partial charge in [-0.3, -0.25) is 4.99 Å². The summed E-state index contributed by atoms with van der Waals surface area (Å²) in [6.07, 6.45) is 28.5. The normalized spacial score (nSPS) is 13.8. The highest BCUT2D eigenvalue weighted by atomic mass is 14.9. The second-order valence-electron chi connectivity index (χ2n) is 13.7. The van der Waals surface area contributed by atoms with Crippen molar-refractivity contribution >= 4 is 39.0 Å². The van der Waals surface area contributed by atoms with Gasteiger partial charge < -0.3 is 5.32 Å². The molecule has 5 rings (SSSR count). The van der Waals surface area contributed by atoms with E-state index < -0.39 is 0 Å². The Morgan fingerprint density at radius 3 is 2.25 bits per heavy atom. The summed E-state index contributed by atoms with van der Waals surface area (Å²) in [5.74, 6) is 0. The quantitative estimate of drug-likeness (QED) is 0.0824. The first-order chi connectivity index (χ1) is 27.2. The molecule has 0 spiro atoms. The minimum Gasteiger partial charge on any atom is -0.381 e. The van der Waals surface area contributed by atoms with Gasteiger partial charge in [-0.2, -0.15) is 0 Å². The number of hydrogen-bond donors (Lipinski definition) is 1. The van der Waals surface area contributed by atoms with Crippen LogP contribution < -0.4 is 5.32 Å². The van der Waals surface area contributed by atoms with Gasteiger partial charge in [-0.05, 0) is 115 Å². The standard InChI is InChI=1S/C49H50N2.C3H8.C2H6/c1-8-30-50-49-38(7)44-24-14-15-25-45(44)47-33-43(28-29-46(47)49)36(5)19-16-18-35(4)31-39-22-17-23-42(27-26-39)41(9-2)32-37(6)48(10-3)51-34-40-20-12-11-13-21-40;1-3-2;1-2/h8-25,27-30,32-33,51H,1,4,26,31,34H2,2-3,5-7H3;3H2,1-2H3;1-2H3/b18-16-,36-19+,37-32+,41-9+,48-10-,50-30?;;. The third-order valence-corrected chi connectivity index (χ3v) is 9.40. The number of rotatable bonds is 13. The molecular weight excluding hydrogens is 677 g/mol. The average Bonchev–Trinajstić information content (AvgIpc) is 3.46. The lowest BCUT2D eigenvalue weighted by atomic mass is 9.93. The number of nitrogens with zero attached hydrogens (tertiary/aromatic N) is 1. The van der Waals surface area contributed by atoms with Crippen molar-refractivity contribution in [3.8, 4) is 0 Å². The van der Waals surface area contributed by atoms with Crippen LogP contribution in [-0.4, -0.2) is 6.21 Å². The second-order valence-corrected chi connectivity index (χ2v) is 13.7. The lowest BCUT2D eigenvalue weighted by molar-refractivity contribution is 0.817. The second kappa shape index (κ2) is 23.9. The molecule has 0 bridgehead atoms. The molecule has 0 heterocycles. The first-order valence-electron chi connectivity index (χ1n) is 20.2. The average molecular weight is 741 g/mol. The number of allylic oxidation sites excluding steroid dienone is 17. The molecule has 1 N–H and O–H groups in total. The zero-order valence-corrected chi connectivity index (χ0v) is 35.5. The molecule has 0 aliphatic heterocycles. The molecule has 2 nitrogen and oxygen atoms in total. The van der Waals surface area contributed by atoms with E-state index in [1.54, 1.807) is 12.3 Å². The van der Waals surface area contributed by atoms with Crippen molar-refractivity contribution in [3.63, 3.8) is 0 Å². The van der Waals surface area contributed by atoms with Crippen LogP contribution >= 0.6 is 0 Å². The molecule has 0 fully saturated rings. The van der Waals surface area contributed by atoms with Gasteiger partial charge in [0.05, 0.1) is 5.69 Å². The predicted molar refractivity (Wildman–Crippen MR) is 253 cm³/mol. The van der Waals surface area contributed by atoms with Crippen LogP contribution in [0.25, 0.3) is 27.1 Å². The molecule has 0 saturated carbocycles. The topological polar surface area (TPSA) is 24.4 Å². The number of aliphatic imine (C=N–C) groups is 1. The molecule has 0 radical (unpaired) electrons. The minimum absolute atomic E-state index is 0.800. The van der Waals surface area contributed by atoms with Gasteiger partial charge in [0, 0.05) is 23.8 Å². The van der Waals surface area contributed by atoms with Crippen molar-refractivity contribution in [1.82, 2.24) is 5.32 Å². The largest absolute Gasteiger partial charge is 0.381 e. The van der Waals surface area contributed by atoms with Gasteiger partial charge in [0.15, 0.2) is 0 Å². The molecule has 0 aromatic heterocycles. The van der Waals surface area contributed by atoms with Gasteiger partial charge in [0.2, 0.25) is 0 Å². The van der Waals surface area contributed by atoms with E-state index in [9.17, 15) is 0 Å². The number of aryl methyl sites for hydroxylation is 1. The van der Waals surface area contributed by atoms with E-state index in [4.69, 9.17) is 4.99 Å². The lowest BCUT2D eigenvalue weighted by Crippen LogP contribution is -2.13. The maximum Gasteiger partial charge on any atom is 0.0743 e. The third-order valence-electron chi connectivity index (χ3n) is 9.40. The van der Waals surface area contributed by atoms with E-state index in [0.29, 0.717) is 0 Å². The molecule has 0 amide bonds. The smallest absolute Gasteiger partial charge is 0.0743 e. The summed E-state index contributed by atoms with van der Waals surface area (Å²) in [6.45, 7) is 27.9. The Kier molecular flexibility index (Phi) is 19.1. The van der Waals surface area contributed by atoms with Crippen molar-refractivity contribution in [2.45, 2.75) is 88.1 Å². The van der Waals surface area contributed by atoms with Crippen molar-refractivity contribution in [2.24, 2.45) is 4.99 Å². The number of hydrogen-bond acceptors (Lipinski definition) is 2. The summed E-state index contributed by atoms with van der Waals surface area (Å²) < 4.78 is 0. The molecule has 290 valence electrons. The van der Waals surface area contributed by atoms with Crippen LogP contribution in [0.15, 0.2) is 191 Å². The van der Waals surface area contributed by atoms with E-state index in [1.807, 2.05) is 13.8 Å². The van der Waals surface area contributed by atoms with E-state index >= 15 is 0 Å². The molecule has 2 heteroatoms. The van der Waals surface area contributed by atoms with Gasteiger partial charge in [-0.25, -0.2) is 0 Å². The fourth-order valence-corrected chi connectivity index (χ4v) is 6.58. The van der Waals surface area contributed by atoms with Gasteiger partial charge in [-0.15, -0.1) is 0 Å². The molecular formula is C54H64N2. The summed E-state index contributed by atoms with van der Waals surface area (Å²) in [5, 5.41) is 8.44. The molecule has 0 unspecified atom stereocenters. The van der Waals surface area contributed by atoms with Crippen molar-refractivity contribution < 1.29 is 0 Å². The SMILES string of the molecule is C=CC=Nc1c(C)c2ccccc2c2cc(/C(C)=C/C=C\C(=C)CC3=CC=CC(C(=C/C)/C=C(C)/C(=C/C)NCc4ccccc4)=CC3)ccc12.CC.CCC. The fraction of sp³-hybridized carbons (Fsp3) is 0.241. The highest BCUT2D eigenvalue weighted by molar-refractivity contribution is 6.15. The van der Waals surface area contributed by atoms with E-state index in [2.05, 4.69) is 200 Å². The Hall–Kier alpha value is -5.73. The summed E-state index contributed by atoms with van der Waals surface area (Å²) in [4.78, 5) is 4.75. The van der Waals surface area contributed by atoms with Crippen molar-refractivity contribution in [1.29, 1.82) is 0 Å². The van der Waals surface area contributed by atoms with Gasteiger partial charge >= 0.3 is 0 Å². The Morgan fingerprint density at radius 1 is 0.875 bits per heavy atom. The molecule has 4 aromatic rings.